The Bertz CT molecular complexity index is 633. The first-order valence-electron chi connectivity index (χ1n) is 7.70. The Morgan fingerprint density at radius 2 is 2.00 bits per heavy atom. The summed E-state index contributed by atoms with van der Waals surface area (Å²) in [5.41, 5.74) is 2.21. The van der Waals surface area contributed by atoms with Crippen LogP contribution in [0, 0.1) is 6.92 Å². The molecule has 0 spiro atoms. The molecule has 24 heavy (non-hydrogen) atoms. The van der Waals surface area contributed by atoms with Crippen LogP contribution >= 0.6 is 24.0 Å². The van der Waals surface area contributed by atoms with E-state index in [0.29, 0.717) is 32.1 Å². The number of guanidine groups is 1. The van der Waals surface area contributed by atoms with Crippen molar-refractivity contribution in [3.8, 4) is 5.75 Å². The molecule has 0 aliphatic rings. The third kappa shape index (κ3) is 9.31. The van der Waals surface area contributed by atoms with Gasteiger partial charge in [-0.3, -0.25) is 4.99 Å². The molecule has 6 nitrogen and oxygen atoms in total. The minimum absolute atomic E-state index is 0. The van der Waals surface area contributed by atoms with Gasteiger partial charge in [0.05, 0.1) is 12.4 Å². The maximum Gasteiger partial charge on any atom is 0.191 e. The number of benzene rings is 1. The lowest BCUT2D eigenvalue weighted by Crippen LogP contribution is -2.37. The second-order valence-corrected chi connectivity index (χ2v) is 7.64. The van der Waals surface area contributed by atoms with Crippen LogP contribution in [0.5, 0.6) is 5.75 Å². The highest BCUT2D eigenvalue weighted by atomic mass is 127. The number of halogens is 1. The first-order valence-corrected chi connectivity index (χ1v) is 9.76. The minimum Gasteiger partial charge on any atom is -0.494 e. The van der Waals surface area contributed by atoms with E-state index in [9.17, 15) is 8.42 Å². The van der Waals surface area contributed by atoms with Gasteiger partial charge < -0.3 is 15.4 Å². The van der Waals surface area contributed by atoms with Gasteiger partial charge in [0.15, 0.2) is 5.96 Å². The predicted molar refractivity (Wildman–Crippen MR) is 110 cm³/mol. The first-order chi connectivity index (χ1) is 10.9. The van der Waals surface area contributed by atoms with E-state index in [0.717, 1.165) is 16.9 Å². The molecule has 0 heterocycles. The maximum absolute atomic E-state index is 11.1. The number of sulfone groups is 1. The summed E-state index contributed by atoms with van der Waals surface area (Å²) in [6.07, 6.45) is 1.79. The topological polar surface area (TPSA) is 79.8 Å². The highest BCUT2D eigenvalue weighted by Crippen LogP contribution is 2.20. The maximum atomic E-state index is 11.1. The Hall–Kier alpha value is -1.03. The molecule has 0 atom stereocenters. The smallest absolute Gasteiger partial charge is 0.191 e. The van der Waals surface area contributed by atoms with Gasteiger partial charge in [0.25, 0.3) is 0 Å². The lowest BCUT2D eigenvalue weighted by atomic mass is 10.1. The van der Waals surface area contributed by atoms with Gasteiger partial charge in [-0.05, 0) is 31.9 Å². The van der Waals surface area contributed by atoms with Crippen molar-refractivity contribution in [3.05, 3.63) is 29.3 Å². The molecule has 0 aliphatic heterocycles. The number of nitrogens with zero attached hydrogens (tertiary/aromatic N) is 1. The highest BCUT2D eigenvalue weighted by Gasteiger charge is 2.06. The van der Waals surface area contributed by atoms with E-state index in [4.69, 9.17) is 4.74 Å². The van der Waals surface area contributed by atoms with Crippen LogP contribution in [0.4, 0.5) is 0 Å². The SMILES string of the molecule is CCOc1cc(C)ccc1CNC(=NC)NCCCS(C)(=O)=O.I. The zero-order valence-electron chi connectivity index (χ0n) is 14.8. The molecule has 2 N–H and O–H groups in total. The first kappa shape index (κ1) is 23.0. The number of hydrogen-bond donors (Lipinski definition) is 2. The Morgan fingerprint density at radius 3 is 2.58 bits per heavy atom. The van der Waals surface area contributed by atoms with Crippen molar-refractivity contribution in [2.45, 2.75) is 26.8 Å². The number of nitrogens with one attached hydrogen (secondary N) is 2. The van der Waals surface area contributed by atoms with E-state index >= 15 is 0 Å². The van der Waals surface area contributed by atoms with E-state index in [-0.39, 0.29) is 29.7 Å². The number of aryl methyl sites for hydroxylation is 1. The fourth-order valence-electron chi connectivity index (χ4n) is 2.04. The Morgan fingerprint density at radius 1 is 1.29 bits per heavy atom. The van der Waals surface area contributed by atoms with Crippen molar-refractivity contribution >= 4 is 39.8 Å². The number of hydrogen-bond acceptors (Lipinski definition) is 4. The van der Waals surface area contributed by atoms with Crippen molar-refractivity contribution in [1.82, 2.24) is 10.6 Å². The zero-order valence-corrected chi connectivity index (χ0v) is 17.9. The predicted octanol–water partition coefficient (Wildman–Crippen LogP) is 2.11. The quantitative estimate of drug-likeness (QED) is 0.264. The monoisotopic (exact) mass is 469 g/mol. The van der Waals surface area contributed by atoms with Crippen molar-refractivity contribution in [3.63, 3.8) is 0 Å². The largest absolute Gasteiger partial charge is 0.494 e. The summed E-state index contributed by atoms with van der Waals surface area (Å²) in [5.74, 6) is 1.68. The second-order valence-electron chi connectivity index (χ2n) is 5.38. The van der Waals surface area contributed by atoms with Crippen LogP contribution in [0.25, 0.3) is 0 Å². The van der Waals surface area contributed by atoms with Crippen LogP contribution in [-0.4, -0.2) is 46.6 Å². The lowest BCUT2D eigenvalue weighted by molar-refractivity contribution is 0.336. The molecule has 0 unspecified atom stereocenters. The fourth-order valence-corrected chi connectivity index (χ4v) is 2.71. The summed E-state index contributed by atoms with van der Waals surface area (Å²) in [6.45, 7) is 5.75. The number of ether oxygens (including phenoxy) is 1. The zero-order chi connectivity index (χ0) is 17.3. The molecule has 1 aromatic carbocycles. The van der Waals surface area contributed by atoms with Crippen LogP contribution in [0.3, 0.4) is 0 Å². The molecular weight excluding hydrogens is 441 g/mol. The van der Waals surface area contributed by atoms with Crippen molar-refractivity contribution < 1.29 is 13.2 Å². The number of aliphatic imine (C=N–C) groups is 1. The molecular formula is C16H28IN3O3S. The summed E-state index contributed by atoms with van der Waals surface area (Å²) in [4.78, 5) is 4.13. The van der Waals surface area contributed by atoms with Crippen LogP contribution in [0.1, 0.15) is 24.5 Å². The average Bonchev–Trinajstić information content (AvgIpc) is 2.47. The highest BCUT2D eigenvalue weighted by molar-refractivity contribution is 14.0. The molecule has 8 heteroatoms. The summed E-state index contributed by atoms with van der Waals surface area (Å²) in [5, 5.41) is 6.32. The minimum atomic E-state index is -2.92. The summed E-state index contributed by atoms with van der Waals surface area (Å²) >= 11 is 0. The fraction of sp³-hybridized carbons (Fsp3) is 0.562. The van der Waals surface area contributed by atoms with Gasteiger partial charge in [0.1, 0.15) is 15.6 Å². The normalized spacial score (nSPS) is 11.6. The summed E-state index contributed by atoms with van der Waals surface area (Å²) in [7, 11) is -1.23. The molecule has 0 fully saturated rings. The lowest BCUT2D eigenvalue weighted by Gasteiger charge is -2.15. The van der Waals surface area contributed by atoms with Gasteiger partial charge in [0.2, 0.25) is 0 Å². The van der Waals surface area contributed by atoms with E-state index in [1.165, 1.54) is 6.26 Å². The molecule has 0 aromatic heterocycles. The Labute approximate surface area is 162 Å². The van der Waals surface area contributed by atoms with Gasteiger partial charge in [0, 0.05) is 32.0 Å². The molecule has 0 aliphatic carbocycles. The average molecular weight is 469 g/mol. The van der Waals surface area contributed by atoms with Crippen LogP contribution < -0.4 is 15.4 Å². The van der Waals surface area contributed by atoms with E-state index in [1.807, 2.05) is 32.0 Å². The summed E-state index contributed by atoms with van der Waals surface area (Å²) in [6, 6.07) is 6.09. The Kier molecular flexibility index (Phi) is 11.0. The van der Waals surface area contributed by atoms with Crippen molar-refractivity contribution in [1.29, 1.82) is 0 Å². The molecule has 0 bridgehead atoms. The standard InChI is InChI=1S/C16H27N3O3S.HI/c1-5-22-15-11-13(2)7-8-14(15)12-19-16(17-3)18-9-6-10-23(4,20)21;/h7-8,11H,5-6,9-10,12H2,1-4H3,(H2,17,18,19);1H. The molecule has 0 amide bonds. The van der Waals surface area contributed by atoms with Gasteiger partial charge in [-0.15, -0.1) is 24.0 Å². The molecule has 1 rings (SSSR count). The third-order valence-corrected chi connectivity index (χ3v) is 4.21. The molecule has 0 saturated carbocycles. The Balaban J connectivity index is 0.00000529. The molecule has 0 saturated heterocycles. The second kappa shape index (κ2) is 11.5. The van der Waals surface area contributed by atoms with E-state index in [1.54, 1.807) is 7.05 Å². The van der Waals surface area contributed by atoms with Gasteiger partial charge in [-0.25, -0.2) is 8.42 Å². The molecule has 0 radical (unpaired) electrons. The van der Waals surface area contributed by atoms with E-state index < -0.39 is 9.84 Å². The van der Waals surface area contributed by atoms with Gasteiger partial charge in [-0.1, -0.05) is 12.1 Å². The van der Waals surface area contributed by atoms with Gasteiger partial charge in [-0.2, -0.15) is 0 Å². The number of rotatable bonds is 8. The van der Waals surface area contributed by atoms with Gasteiger partial charge >= 0.3 is 0 Å². The summed E-state index contributed by atoms with van der Waals surface area (Å²) < 4.78 is 27.8. The molecule has 138 valence electrons. The van der Waals surface area contributed by atoms with Crippen LogP contribution in [0.15, 0.2) is 23.2 Å². The van der Waals surface area contributed by atoms with E-state index in [2.05, 4.69) is 15.6 Å². The van der Waals surface area contributed by atoms with Crippen LogP contribution in [-0.2, 0) is 16.4 Å². The van der Waals surface area contributed by atoms with Crippen LogP contribution in [0.2, 0.25) is 0 Å². The third-order valence-electron chi connectivity index (χ3n) is 3.18. The molecule has 1 aromatic rings. The van der Waals surface area contributed by atoms with Crippen molar-refractivity contribution in [2.75, 3.05) is 32.2 Å². The van der Waals surface area contributed by atoms with Crippen molar-refractivity contribution in [2.24, 2.45) is 4.99 Å².